The Bertz CT molecular complexity index is 494. The molecule has 0 aliphatic rings. The van der Waals surface area contributed by atoms with Crippen LogP contribution in [0, 0.1) is 0 Å². The zero-order valence-electron chi connectivity index (χ0n) is 19.7. The lowest BCUT2D eigenvalue weighted by Crippen LogP contribution is -2.35. The van der Waals surface area contributed by atoms with E-state index >= 15 is 0 Å². The number of carbonyl (C=O) groups excluding carboxylic acids is 2. The smallest absolute Gasteiger partial charge is 0.311 e. The maximum atomic E-state index is 12.0. The number of hydrogen-bond acceptors (Lipinski definition) is 8. The zero-order chi connectivity index (χ0) is 23.9. The van der Waals surface area contributed by atoms with Crippen molar-refractivity contribution in [3.05, 3.63) is 0 Å². The first kappa shape index (κ1) is 29.8. The lowest BCUT2D eigenvalue weighted by atomic mass is 10.0. The Labute approximate surface area is 186 Å². The van der Waals surface area contributed by atoms with E-state index in [9.17, 15) is 30.0 Å². The molecule has 0 spiro atoms. The molecular formula is C23H44O8. The second-order valence-electron chi connectivity index (χ2n) is 8.82. The summed E-state index contributed by atoms with van der Waals surface area (Å²) in [5.41, 5.74) is 0. The summed E-state index contributed by atoms with van der Waals surface area (Å²) >= 11 is 0. The Balaban J connectivity index is 4.23. The van der Waals surface area contributed by atoms with E-state index in [4.69, 9.17) is 9.47 Å². The van der Waals surface area contributed by atoms with E-state index in [0.29, 0.717) is 12.8 Å². The van der Waals surface area contributed by atoms with Crippen LogP contribution in [0.1, 0.15) is 105 Å². The highest BCUT2D eigenvalue weighted by Crippen LogP contribution is 2.18. The number of ether oxygens (including phenoxy) is 2. The molecule has 8 nitrogen and oxygen atoms in total. The molecule has 4 N–H and O–H groups in total. The van der Waals surface area contributed by atoms with E-state index in [1.165, 1.54) is 13.8 Å². The molecule has 0 saturated heterocycles. The van der Waals surface area contributed by atoms with Crippen LogP contribution in [0.2, 0.25) is 0 Å². The van der Waals surface area contributed by atoms with Crippen molar-refractivity contribution in [1.29, 1.82) is 0 Å². The fraction of sp³-hybridized carbons (Fsp3) is 0.913. The van der Waals surface area contributed by atoms with E-state index in [1.807, 2.05) is 6.92 Å². The van der Waals surface area contributed by atoms with Gasteiger partial charge in [-0.05, 0) is 32.1 Å². The number of esters is 2. The number of aliphatic hydroxyl groups excluding tert-OH is 4. The molecule has 4 atom stereocenters. The molecule has 0 unspecified atom stereocenters. The van der Waals surface area contributed by atoms with Crippen molar-refractivity contribution >= 4 is 11.9 Å². The molecule has 0 aliphatic heterocycles. The first-order chi connectivity index (χ1) is 14.5. The lowest BCUT2D eigenvalue weighted by molar-refractivity contribution is -0.217. The molecule has 0 aliphatic carbocycles. The van der Waals surface area contributed by atoms with Gasteiger partial charge in [0.15, 0.2) is 0 Å². The average molecular weight is 449 g/mol. The molecular weight excluding hydrogens is 404 g/mol. The van der Waals surface area contributed by atoms with Crippen LogP contribution in [0.3, 0.4) is 0 Å². The minimum Gasteiger partial charge on any atom is -0.423 e. The Morgan fingerprint density at radius 2 is 1.19 bits per heavy atom. The van der Waals surface area contributed by atoms with Gasteiger partial charge in [0.25, 0.3) is 5.79 Å². The van der Waals surface area contributed by atoms with Crippen LogP contribution in [0.15, 0.2) is 0 Å². The van der Waals surface area contributed by atoms with Gasteiger partial charge in [0, 0.05) is 20.3 Å². The van der Waals surface area contributed by atoms with Gasteiger partial charge in [0.2, 0.25) is 0 Å². The van der Waals surface area contributed by atoms with Crippen molar-refractivity contribution in [2.45, 2.75) is 135 Å². The number of carbonyl (C=O) groups is 2. The molecule has 184 valence electrons. The van der Waals surface area contributed by atoms with Crippen molar-refractivity contribution in [3.63, 3.8) is 0 Å². The summed E-state index contributed by atoms with van der Waals surface area (Å²) in [6.45, 7) is 6.92. The Morgan fingerprint density at radius 1 is 0.710 bits per heavy atom. The predicted molar refractivity (Wildman–Crippen MR) is 117 cm³/mol. The highest BCUT2D eigenvalue weighted by molar-refractivity contribution is 5.72. The second-order valence-corrected chi connectivity index (χ2v) is 8.82. The van der Waals surface area contributed by atoms with Crippen LogP contribution in [0.5, 0.6) is 0 Å². The molecule has 0 bridgehead atoms. The topological polar surface area (TPSA) is 134 Å². The summed E-state index contributed by atoms with van der Waals surface area (Å²) in [6.07, 6.45) is 2.86. The third-order valence-corrected chi connectivity index (χ3v) is 4.92. The minimum atomic E-state index is -1.51. The van der Waals surface area contributed by atoms with E-state index in [1.54, 1.807) is 0 Å². The molecule has 0 aromatic heterocycles. The van der Waals surface area contributed by atoms with Crippen LogP contribution in [0.25, 0.3) is 0 Å². The van der Waals surface area contributed by atoms with E-state index in [2.05, 4.69) is 6.92 Å². The monoisotopic (exact) mass is 448 g/mol. The fourth-order valence-electron chi connectivity index (χ4n) is 3.27. The summed E-state index contributed by atoms with van der Waals surface area (Å²) in [7, 11) is 0. The average Bonchev–Trinajstić information content (AvgIpc) is 2.63. The summed E-state index contributed by atoms with van der Waals surface area (Å²) in [6, 6.07) is 0. The third kappa shape index (κ3) is 17.1. The van der Waals surface area contributed by atoms with Gasteiger partial charge in [-0.3, -0.25) is 9.59 Å². The molecule has 0 radical (unpaired) electrons. The molecule has 0 saturated carbocycles. The first-order valence-electron chi connectivity index (χ1n) is 11.6. The van der Waals surface area contributed by atoms with Gasteiger partial charge in [0.05, 0.1) is 30.8 Å². The van der Waals surface area contributed by atoms with Crippen LogP contribution in [0.4, 0.5) is 0 Å². The SMILES string of the molecule is CCCCC[C@@H](O)C[C@H](O)CC(=O)OC(C)(C)OC(=O)CC[C@@H](O)C[C@H](O)CCCC. The van der Waals surface area contributed by atoms with Crippen molar-refractivity contribution in [2.24, 2.45) is 0 Å². The van der Waals surface area contributed by atoms with E-state index < -0.39 is 42.1 Å². The van der Waals surface area contributed by atoms with Crippen LogP contribution in [-0.4, -0.2) is 62.6 Å². The summed E-state index contributed by atoms with van der Waals surface area (Å²) in [4.78, 5) is 24.1. The lowest BCUT2D eigenvalue weighted by Gasteiger charge is -2.26. The molecule has 31 heavy (non-hydrogen) atoms. The Kier molecular flexibility index (Phi) is 15.8. The Morgan fingerprint density at radius 3 is 1.77 bits per heavy atom. The number of rotatable bonds is 18. The molecule has 0 amide bonds. The molecule has 0 fully saturated rings. The van der Waals surface area contributed by atoms with Gasteiger partial charge in [-0.2, -0.15) is 0 Å². The van der Waals surface area contributed by atoms with Crippen molar-refractivity contribution in [1.82, 2.24) is 0 Å². The van der Waals surface area contributed by atoms with Crippen molar-refractivity contribution in [3.8, 4) is 0 Å². The van der Waals surface area contributed by atoms with Crippen LogP contribution in [-0.2, 0) is 19.1 Å². The molecule has 8 heteroatoms. The predicted octanol–water partition coefficient (Wildman–Crippen LogP) is 2.97. The van der Waals surface area contributed by atoms with E-state index in [-0.39, 0.29) is 32.1 Å². The quantitative estimate of drug-likeness (QED) is 0.143. The first-order valence-corrected chi connectivity index (χ1v) is 11.6. The van der Waals surface area contributed by atoms with Gasteiger partial charge < -0.3 is 29.9 Å². The standard InChI is InChI=1S/C23H44O8/c1-5-7-9-11-18(25)15-20(27)16-22(29)31-23(3,4)30-21(28)13-12-19(26)14-17(24)10-8-6-2/h17-20,24-27H,5-16H2,1-4H3/t17-,18-,19-,20+/m1/s1. The van der Waals surface area contributed by atoms with Crippen molar-refractivity contribution < 1.29 is 39.5 Å². The number of unbranched alkanes of at least 4 members (excludes halogenated alkanes) is 3. The summed E-state index contributed by atoms with van der Waals surface area (Å²) < 4.78 is 10.3. The van der Waals surface area contributed by atoms with Crippen LogP contribution >= 0.6 is 0 Å². The highest BCUT2D eigenvalue weighted by Gasteiger charge is 2.29. The molecule has 0 aromatic carbocycles. The summed E-state index contributed by atoms with van der Waals surface area (Å²) in [5.74, 6) is -2.88. The maximum Gasteiger partial charge on any atom is 0.311 e. The molecule has 0 heterocycles. The van der Waals surface area contributed by atoms with Crippen molar-refractivity contribution in [2.75, 3.05) is 0 Å². The number of aliphatic hydroxyl groups is 4. The minimum absolute atomic E-state index is 0.0742. The number of hydrogen-bond donors (Lipinski definition) is 4. The summed E-state index contributed by atoms with van der Waals surface area (Å²) in [5, 5.41) is 39.6. The third-order valence-electron chi connectivity index (χ3n) is 4.92. The molecule has 0 aromatic rings. The second kappa shape index (κ2) is 16.4. The Hall–Kier alpha value is -1.22. The fourth-order valence-corrected chi connectivity index (χ4v) is 3.27. The van der Waals surface area contributed by atoms with Crippen LogP contribution < -0.4 is 0 Å². The van der Waals surface area contributed by atoms with Gasteiger partial charge in [-0.15, -0.1) is 0 Å². The zero-order valence-corrected chi connectivity index (χ0v) is 19.7. The van der Waals surface area contributed by atoms with Gasteiger partial charge >= 0.3 is 11.9 Å². The van der Waals surface area contributed by atoms with Gasteiger partial charge in [-0.25, -0.2) is 0 Å². The molecule has 0 rings (SSSR count). The highest BCUT2D eigenvalue weighted by atomic mass is 16.7. The van der Waals surface area contributed by atoms with E-state index in [0.717, 1.165) is 32.1 Å². The van der Waals surface area contributed by atoms with Gasteiger partial charge in [0.1, 0.15) is 0 Å². The normalized spacial score (nSPS) is 15.7. The maximum absolute atomic E-state index is 12.0. The van der Waals surface area contributed by atoms with Gasteiger partial charge in [-0.1, -0.05) is 46.0 Å². The largest absolute Gasteiger partial charge is 0.423 e.